The van der Waals surface area contributed by atoms with Gasteiger partial charge < -0.3 is 9.47 Å². The first kappa shape index (κ1) is 29.9. The van der Waals surface area contributed by atoms with E-state index in [9.17, 15) is 4.79 Å². The molecule has 0 spiro atoms. The third kappa shape index (κ3) is 8.69. The van der Waals surface area contributed by atoms with E-state index in [0.717, 1.165) is 60.2 Å². The van der Waals surface area contributed by atoms with Crippen LogP contribution in [0.3, 0.4) is 0 Å². The number of thiophene rings is 2. The Balaban J connectivity index is 2.02. The van der Waals surface area contributed by atoms with E-state index >= 15 is 0 Å². The predicted molar refractivity (Wildman–Crippen MR) is 164 cm³/mol. The van der Waals surface area contributed by atoms with Gasteiger partial charge in [0.2, 0.25) is 0 Å². The highest BCUT2D eigenvalue weighted by Crippen LogP contribution is 2.45. The van der Waals surface area contributed by atoms with Gasteiger partial charge in [-0.25, -0.2) is 0 Å². The highest BCUT2D eigenvalue weighted by molar-refractivity contribution is 9.11. The lowest BCUT2D eigenvalue weighted by Crippen LogP contribution is -2.13. The first-order valence-electron chi connectivity index (χ1n) is 13.8. The Morgan fingerprint density at radius 2 is 1.30 bits per heavy atom. The number of halogens is 1. The number of rotatable bonds is 17. The summed E-state index contributed by atoms with van der Waals surface area (Å²) in [6.45, 7) is 10.4. The molecule has 0 aliphatic carbocycles. The third-order valence-electron chi connectivity index (χ3n) is 6.96. The number of benzene rings is 1. The van der Waals surface area contributed by atoms with Gasteiger partial charge in [0, 0.05) is 20.9 Å². The summed E-state index contributed by atoms with van der Waals surface area (Å²) in [5.41, 5.74) is 2.06. The summed E-state index contributed by atoms with van der Waals surface area (Å²) in [7, 11) is 0. The zero-order chi connectivity index (χ0) is 26.6. The first-order valence-corrected chi connectivity index (χ1v) is 16.2. The molecule has 0 bridgehead atoms. The second-order valence-electron chi connectivity index (χ2n) is 9.72. The van der Waals surface area contributed by atoms with Crippen LogP contribution in [0.15, 0.2) is 40.2 Å². The standard InChI is InChI=1S/C31H41BrO3S2/c1-5-9-11-22(7-3)20-34-27-18-26(30-15-16-31(32)37-30)28(35-21-23(8-4)12-10-6-2)17-25(27)29-14-13-24(19-33)36-29/h13-19,22-23H,5-12,20-21H2,1-4H3. The van der Waals surface area contributed by atoms with Crippen molar-refractivity contribution in [1.82, 2.24) is 0 Å². The minimum atomic E-state index is 0.529. The smallest absolute Gasteiger partial charge is 0.160 e. The molecule has 2 unspecified atom stereocenters. The summed E-state index contributed by atoms with van der Waals surface area (Å²) in [5, 5.41) is 0. The number of carbonyl (C=O) groups excluding carboxylic acids is 1. The van der Waals surface area contributed by atoms with E-state index in [4.69, 9.17) is 9.47 Å². The zero-order valence-electron chi connectivity index (χ0n) is 22.7. The minimum absolute atomic E-state index is 0.529. The van der Waals surface area contributed by atoms with E-state index in [-0.39, 0.29) is 0 Å². The maximum atomic E-state index is 11.4. The summed E-state index contributed by atoms with van der Waals surface area (Å²) in [6, 6.07) is 12.4. The Bertz CT molecular complexity index is 1100. The monoisotopic (exact) mass is 604 g/mol. The molecule has 3 nitrogen and oxygen atoms in total. The molecule has 0 aliphatic heterocycles. The Morgan fingerprint density at radius 3 is 1.70 bits per heavy atom. The van der Waals surface area contributed by atoms with Crippen LogP contribution in [0.4, 0.5) is 0 Å². The van der Waals surface area contributed by atoms with E-state index in [2.05, 4.69) is 67.9 Å². The van der Waals surface area contributed by atoms with Gasteiger partial charge in [0.15, 0.2) is 6.29 Å². The molecule has 1 aromatic carbocycles. The average Bonchev–Trinajstić information content (AvgIpc) is 3.58. The summed E-state index contributed by atoms with van der Waals surface area (Å²) in [4.78, 5) is 14.3. The molecule has 0 fully saturated rings. The minimum Gasteiger partial charge on any atom is -0.493 e. The fourth-order valence-corrected chi connectivity index (χ4v) is 6.67. The normalized spacial score (nSPS) is 12.9. The molecule has 0 saturated heterocycles. The predicted octanol–water partition coefficient (Wildman–Crippen LogP) is 10.9. The lowest BCUT2D eigenvalue weighted by Gasteiger charge is -2.21. The Kier molecular flexibility index (Phi) is 12.7. The lowest BCUT2D eigenvalue weighted by atomic mass is 10.00. The van der Waals surface area contributed by atoms with Crippen molar-refractivity contribution in [2.24, 2.45) is 11.8 Å². The molecular formula is C31H41BrO3S2. The van der Waals surface area contributed by atoms with Gasteiger partial charge in [-0.2, -0.15) is 0 Å². The maximum absolute atomic E-state index is 11.4. The summed E-state index contributed by atoms with van der Waals surface area (Å²) >= 11 is 6.84. The fourth-order valence-electron chi connectivity index (χ4n) is 4.42. The quantitative estimate of drug-likeness (QED) is 0.144. The van der Waals surface area contributed by atoms with Crippen LogP contribution in [0.2, 0.25) is 0 Å². The van der Waals surface area contributed by atoms with Gasteiger partial charge in [-0.1, -0.05) is 66.2 Å². The Morgan fingerprint density at radius 1 is 0.784 bits per heavy atom. The molecule has 6 heteroatoms. The van der Waals surface area contributed by atoms with Gasteiger partial charge in [-0.15, -0.1) is 22.7 Å². The number of unbranched alkanes of at least 4 members (excludes halogenated alkanes) is 2. The van der Waals surface area contributed by atoms with Crippen LogP contribution < -0.4 is 9.47 Å². The number of ether oxygens (including phenoxy) is 2. The first-order chi connectivity index (χ1) is 18.0. The fraction of sp³-hybridized carbons (Fsp3) is 0.516. The van der Waals surface area contributed by atoms with Gasteiger partial charge in [-0.05, 0) is 77.0 Å². The van der Waals surface area contributed by atoms with Crippen LogP contribution in [0.1, 0.15) is 88.7 Å². The molecule has 3 rings (SSSR count). The van der Waals surface area contributed by atoms with Gasteiger partial charge in [0.1, 0.15) is 11.5 Å². The molecule has 37 heavy (non-hydrogen) atoms. The SMILES string of the molecule is CCCCC(CC)COc1cc(-c2ccc(C=O)s2)c(OCC(CC)CCCC)cc1-c1ccc(Br)s1. The molecule has 202 valence electrons. The van der Waals surface area contributed by atoms with Crippen LogP contribution >= 0.6 is 38.6 Å². The van der Waals surface area contributed by atoms with E-state index in [1.807, 2.05) is 12.1 Å². The maximum Gasteiger partial charge on any atom is 0.160 e. The second-order valence-corrected chi connectivity index (χ2v) is 13.3. The molecule has 0 radical (unpaired) electrons. The highest BCUT2D eigenvalue weighted by atomic mass is 79.9. The largest absolute Gasteiger partial charge is 0.493 e. The lowest BCUT2D eigenvalue weighted by molar-refractivity contribution is 0.112. The van der Waals surface area contributed by atoms with E-state index in [1.54, 1.807) is 11.3 Å². The number of carbonyl (C=O) groups is 1. The molecule has 0 amide bonds. The van der Waals surface area contributed by atoms with Crippen LogP contribution in [0.25, 0.3) is 20.9 Å². The van der Waals surface area contributed by atoms with Crippen molar-refractivity contribution >= 4 is 44.9 Å². The number of aldehydes is 1. The van der Waals surface area contributed by atoms with Crippen molar-refractivity contribution < 1.29 is 14.3 Å². The topological polar surface area (TPSA) is 35.5 Å². The van der Waals surface area contributed by atoms with Gasteiger partial charge >= 0.3 is 0 Å². The average molecular weight is 606 g/mol. The summed E-state index contributed by atoms with van der Waals surface area (Å²) in [6.07, 6.45) is 10.3. The summed E-state index contributed by atoms with van der Waals surface area (Å²) in [5.74, 6) is 2.81. The van der Waals surface area contributed by atoms with E-state index < -0.39 is 0 Å². The van der Waals surface area contributed by atoms with Crippen LogP contribution in [-0.4, -0.2) is 19.5 Å². The molecule has 0 aliphatic rings. The number of hydrogen-bond acceptors (Lipinski definition) is 5. The Hall–Kier alpha value is -1.63. The second kappa shape index (κ2) is 15.7. The van der Waals surface area contributed by atoms with Crippen LogP contribution in [0, 0.1) is 11.8 Å². The van der Waals surface area contributed by atoms with Crippen molar-refractivity contribution in [3.63, 3.8) is 0 Å². The van der Waals surface area contributed by atoms with Gasteiger partial charge in [-0.3, -0.25) is 4.79 Å². The zero-order valence-corrected chi connectivity index (χ0v) is 25.9. The molecule has 0 saturated carbocycles. The molecule has 3 aromatic rings. The van der Waals surface area contributed by atoms with E-state index in [0.29, 0.717) is 25.0 Å². The Labute approximate surface area is 239 Å². The van der Waals surface area contributed by atoms with Crippen LogP contribution in [-0.2, 0) is 0 Å². The molecular weight excluding hydrogens is 564 g/mol. The number of hydrogen-bond donors (Lipinski definition) is 0. The van der Waals surface area contributed by atoms with E-state index in [1.165, 1.54) is 49.9 Å². The molecule has 2 aromatic heterocycles. The van der Waals surface area contributed by atoms with Gasteiger partial charge in [0.05, 0.1) is 21.9 Å². The van der Waals surface area contributed by atoms with Crippen molar-refractivity contribution in [2.45, 2.75) is 79.1 Å². The van der Waals surface area contributed by atoms with Crippen LogP contribution in [0.5, 0.6) is 11.5 Å². The summed E-state index contributed by atoms with van der Waals surface area (Å²) < 4.78 is 14.2. The van der Waals surface area contributed by atoms with Crippen molar-refractivity contribution in [3.05, 3.63) is 45.1 Å². The van der Waals surface area contributed by atoms with Crippen molar-refractivity contribution in [2.75, 3.05) is 13.2 Å². The highest BCUT2D eigenvalue weighted by Gasteiger charge is 2.20. The van der Waals surface area contributed by atoms with Crippen molar-refractivity contribution in [1.29, 1.82) is 0 Å². The van der Waals surface area contributed by atoms with Gasteiger partial charge in [0.25, 0.3) is 0 Å². The third-order valence-corrected chi connectivity index (χ3v) is 9.67. The molecule has 0 N–H and O–H groups in total. The van der Waals surface area contributed by atoms with Crippen molar-refractivity contribution in [3.8, 4) is 32.4 Å². The molecule has 2 atom stereocenters. The molecule has 2 heterocycles.